The Morgan fingerprint density at radius 3 is 2.82 bits per heavy atom. The number of hydrogen-bond donors (Lipinski definition) is 2. The van der Waals surface area contributed by atoms with Crippen molar-refractivity contribution in [1.29, 1.82) is 0 Å². The predicted molar refractivity (Wildman–Crippen MR) is 66.7 cm³/mol. The molecule has 17 heavy (non-hydrogen) atoms. The molecular formula is C14H18N2O. The van der Waals surface area contributed by atoms with E-state index in [9.17, 15) is 4.79 Å². The lowest BCUT2D eigenvalue weighted by Gasteiger charge is -2.09. The van der Waals surface area contributed by atoms with Gasteiger partial charge in [0.15, 0.2) is 0 Å². The molecule has 0 aromatic heterocycles. The maximum absolute atomic E-state index is 11.9. The van der Waals surface area contributed by atoms with Crippen LogP contribution in [-0.4, -0.2) is 25.0 Å². The Balaban J connectivity index is 1.54. The normalized spacial score (nSPS) is 31.2. The van der Waals surface area contributed by atoms with Crippen molar-refractivity contribution in [2.45, 2.75) is 24.8 Å². The van der Waals surface area contributed by atoms with Crippen LogP contribution in [0.2, 0.25) is 0 Å². The van der Waals surface area contributed by atoms with Crippen LogP contribution in [0.25, 0.3) is 0 Å². The Morgan fingerprint density at radius 1 is 1.29 bits per heavy atom. The highest BCUT2D eigenvalue weighted by Gasteiger charge is 2.40. The molecule has 1 unspecified atom stereocenters. The fourth-order valence-electron chi connectivity index (χ4n) is 2.60. The fraction of sp³-hybridized carbons (Fsp3) is 0.500. The molecule has 90 valence electrons. The Kier molecular flexibility index (Phi) is 2.85. The van der Waals surface area contributed by atoms with E-state index in [1.54, 1.807) is 0 Å². The number of benzene rings is 1. The van der Waals surface area contributed by atoms with Crippen LogP contribution < -0.4 is 10.6 Å². The van der Waals surface area contributed by atoms with Crippen LogP contribution in [0.1, 0.15) is 24.3 Å². The molecule has 1 heterocycles. The number of amides is 1. The molecule has 2 aliphatic rings. The average molecular weight is 230 g/mol. The monoisotopic (exact) mass is 230 g/mol. The third-order valence-electron chi connectivity index (χ3n) is 3.78. The van der Waals surface area contributed by atoms with Gasteiger partial charge in [0.2, 0.25) is 5.91 Å². The molecule has 2 fully saturated rings. The topological polar surface area (TPSA) is 41.1 Å². The summed E-state index contributed by atoms with van der Waals surface area (Å²) in [6.07, 6.45) is 2.07. The van der Waals surface area contributed by atoms with Gasteiger partial charge in [0.25, 0.3) is 0 Å². The summed E-state index contributed by atoms with van der Waals surface area (Å²) < 4.78 is 0. The van der Waals surface area contributed by atoms with Crippen molar-refractivity contribution < 1.29 is 4.79 Å². The van der Waals surface area contributed by atoms with Gasteiger partial charge in [-0.3, -0.25) is 4.79 Å². The molecule has 0 radical (unpaired) electrons. The van der Waals surface area contributed by atoms with Crippen LogP contribution in [0, 0.1) is 5.92 Å². The Bertz CT molecular complexity index is 398. The molecule has 0 bridgehead atoms. The molecule has 3 rings (SSSR count). The zero-order valence-electron chi connectivity index (χ0n) is 9.86. The summed E-state index contributed by atoms with van der Waals surface area (Å²) in [6, 6.07) is 10.8. The van der Waals surface area contributed by atoms with Gasteiger partial charge in [0, 0.05) is 18.5 Å². The van der Waals surface area contributed by atoms with Crippen molar-refractivity contribution in [3.8, 4) is 0 Å². The standard InChI is InChI=1S/C14H18N2O/c17-14(11-6-7-15-9-11)16-13-8-12(13)10-4-2-1-3-5-10/h1-5,11-13,15H,6-9H2,(H,16,17)/t11?,12-,13+/m1/s1. The second-order valence-corrected chi connectivity index (χ2v) is 5.06. The van der Waals surface area contributed by atoms with Crippen LogP contribution in [-0.2, 0) is 4.79 Å². The second-order valence-electron chi connectivity index (χ2n) is 5.06. The molecule has 3 nitrogen and oxygen atoms in total. The lowest BCUT2D eigenvalue weighted by Crippen LogP contribution is -2.34. The molecule has 1 aromatic rings. The lowest BCUT2D eigenvalue weighted by molar-refractivity contribution is -0.124. The molecule has 2 N–H and O–H groups in total. The number of rotatable bonds is 3. The van der Waals surface area contributed by atoms with Crippen molar-refractivity contribution in [2.75, 3.05) is 13.1 Å². The Hall–Kier alpha value is -1.35. The van der Waals surface area contributed by atoms with Crippen molar-refractivity contribution >= 4 is 5.91 Å². The molecule has 1 saturated carbocycles. The van der Waals surface area contributed by atoms with E-state index < -0.39 is 0 Å². The van der Waals surface area contributed by atoms with Crippen LogP contribution in [0.3, 0.4) is 0 Å². The molecular weight excluding hydrogens is 212 g/mol. The van der Waals surface area contributed by atoms with Crippen LogP contribution >= 0.6 is 0 Å². The summed E-state index contributed by atoms with van der Waals surface area (Å²) in [5.41, 5.74) is 1.35. The Labute approximate surface area is 102 Å². The van der Waals surface area contributed by atoms with E-state index in [0.29, 0.717) is 12.0 Å². The second kappa shape index (κ2) is 4.49. The molecule has 3 heteroatoms. The molecule has 1 saturated heterocycles. The molecule has 0 spiro atoms. The van der Waals surface area contributed by atoms with Gasteiger partial charge in [-0.05, 0) is 24.9 Å². The summed E-state index contributed by atoms with van der Waals surface area (Å²) in [5.74, 6) is 0.958. The van der Waals surface area contributed by atoms with E-state index in [2.05, 4.69) is 34.9 Å². The zero-order chi connectivity index (χ0) is 11.7. The van der Waals surface area contributed by atoms with E-state index in [0.717, 1.165) is 25.9 Å². The van der Waals surface area contributed by atoms with Gasteiger partial charge in [0.05, 0.1) is 5.92 Å². The van der Waals surface area contributed by atoms with Gasteiger partial charge < -0.3 is 10.6 Å². The molecule has 1 aliphatic heterocycles. The fourth-order valence-corrected chi connectivity index (χ4v) is 2.60. The van der Waals surface area contributed by atoms with Crippen LogP contribution in [0.15, 0.2) is 30.3 Å². The summed E-state index contributed by atoms with van der Waals surface area (Å²) in [7, 11) is 0. The van der Waals surface area contributed by atoms with Crippen LogP contribution in [0.4, 0.5) is 0 Å². The van der Waals surface area contributed by atoms with E-state index in [1.165, 1.54) is 5.56 Å². The molecule has 1 aromatic carbocycles. The number of hydrogen-bond acceptors (Lipinski definition) is 2. The van der Waals surface area contributed by atoms with E-state index in [1.807, 2.05) is 6.07 Å². The smallest absolute Gasteiger partial charge is 0.224 e. The SMILES string of the molecule is O=C(N[C@H]1C[C@@H]1c1ccccc1)C1CCNC1. The average Bonchev–Trinajstić information content (AvgIpc) is 2.92. The number of nitrogens with one attached hydrogen (secondary N) is 2. The lowest BCUT2D eigenvalue weighted by atomic mass is 10.1. The predicted octanol–water partition coefficient (Wildman–Crippen LogP) is 1.27. The maximum Gasteiger partial charge on any atom is 0.224 e. The minimum Gasteiger partial charge on any atom is -0.352 e. The maximum atomic E-state index is 11.9. The van der Waals surface area contributed by atoms with Crippen LogP contribution in [0.5, 0.6) is 0 Å². The summed E-state index contributed by atoms with van der Waals surface area (Å²) in [4.78, 5) is 11.9. The summed E-state index contributed by atoms with van der Waals surface area (Å²) >= 11 is 0. The van der Waals surface area contributed by atoms with E-state index in [-0.39, 0.29) is 11.8 Å². The minimum atomic E-state index is 0.187. The highest BCUT2D eigenvalue weighted by atomic mass is 16.2. The first kappa shape index (κ1) is 10.8. The summed E-state index contributed by atoms with van der Waals surface area (Å²) in [5, 5.41) is 6.39. The third kappa shape index (κ3) is 2.34. The quantitative estimate of drug-likeness (QED) is 0.821. The Morgan fingerprint density at radius 2 is 2.12 bits per heavy atom. The molecule has 1 amide bonds. The zero-order valence-corrected chi connectivity index (χ0v) is 9.86. The van der Waals surface area contributed by atoms with Crippen molar-refractivity contribution in [2.24, 2.45) is 5.92 Å². The first-order valence-electron chi connectivity index (χ1n) is 6.40. The van der Waals surface area contributed by atoms with Crippen molar-refractivity contribution in [1.82, 2.24) is 10.6 Å². The van der Waals surface area contributed by atoms with Gasteiger partial charge in [-0.1, -0.05) is 30.3 Å². The summed E-state index contributed by atoms with van der Waals surface area (Å²) in [6.45, 7) is 1.82. The first-order chi connectivity index (χ1) is 8.34. The van der Waals surface area contributed by atoms with Gasteiger partial charge in [-0.15, -0.1) is 0 Å². The van der Waals surface area contributed by atoms with E-state index in [4.69, 9.17) is 0 Å². The van der Waals surface area contributed by atoms with Gasteiger partial charge in [-0.2, -0.15) is 0 Å². The largest absolute Gasteiger partial charge is 0.352 e. The van der Waals surface area contributed by atoms with Gasteiger partial charge in [0.1, 0.15) is 0 Å². The van der Waals surface area contributed by atoms with Crippen molar-refractivity contribution in [3.63, 3.8) is 0 Å². The first-order valence-corrected chi connectivity index (χ1v) is 6.40. The minimum absolute atomic E-state index is 0.187. The highest BCUT2D eigenvalue weighted by molar-refractivity contribution is 5.80. The molecule has 1 aliphatic carbocycles. The van der Waals surface area contributed by atoms with E-state index >= 15 is 0 Å². The van der Waals surface area contributed by atoms with Crippen molar-refractivity contribution in [3.05, 3.63) is 35.9 Å². The van der Waals surface area contributed by atoms with Gasteiger partial charge >= 0.3 is 0 Å². The third-order valence-corrected chi connectivity index (χ3v) is 3.78. The number of carbonyl (C=O) groups excluding carboxylic acids is 1. The molecule has 3 atom stereocenters. The highest BCUT2D eigenvalue weighted by Crippen LogP contribution is 2.40. The number of carbonyl (C=O) groups is 1. The van der Waals surface area contributed by atoms with Gasteiger partial charge in [-0.25, -0.2) is 0 Å².